The van der Waals surface area contributed by atoms with E-state index in [4.69, 9.17) is 10.8 Å². The standard InChI is InChI=1S/C12H16FNO/c1-11(2,14)12(5-6-12)9-4-3-8(15)7-10(9)13/h3-4,7,15H,5-6,14H2,1-2H3. The lowest BCUT2D eigenvalue weighted by atomic mass is 9.79. The van der Waals surface area contributed by atoms with Crippen LogP contribution in [0.1, 0.15) is 32.3 Å². The molecule has 0 bridgehead atoms. The molecule has 0 aromatic heterocycles. The summed E-state index contributed by atoms with van der Waals surface area (Å²) in [6, 6.07) is 4.32. The number of rotatable bonds is 2. The molecule has 82 valence electrons. The van der Waals surface area contributed by atoms with Crippen LogP contribution in [0.25, 0.3) is 0 Å². The molecule has 2 rings (SSSR count). The summed E-state index contributed by atoms with van der Waals surface area (Å²) >= 11 is 0. The van der Waals surface area contributed by atoms with Crippen LogP contribution in [-0.4, -0.2) is 10.6 Å². The van der Waals surface area contributed by atoms with Crippen LogP contribution in [-0.2, 0) is 5.41 Å². The SMILES string of the molecule is CC(C)(N)C1(c2ccc(O)cc2F)CC1. The number of nitrogens with two attached hydrogens (primary N) is 1. The van der Waals surface area contributed by atoms with E-state index >= 15 is 0 Å². The fourth-order valence-corrected chi connectivity index (χ4v) is 2.28. The van der Waals surface area contributed by atoms with Gasteiger partial charge in [0.1, 0.15) is 11.6 Å². The van der Waals surface area contributed by atoms with Gasteiger partial charge in [-0.1, -0.05) is 6.07 Å². The molecule has 1 aliphatic carbocycles. The van der Waals surface area contributed by atoms with Crippen molar-refractivity contribution in [3.05, 3.63) is 29.6 Å². The Balaban J connectivity index is 2.47. The number of hydrogen-bond acceptors (Lipinski definition) is 2. The molecule has 0 saturated heterocycles. The predicted molar refractivity (Wildman–Crippen MR) is 57.2 cm³/mol. The first-order chi connectivity index (χ1) is 6.87. The number of phenols is 1. The zero-order valence-corrected chi connectivity index (χ0v) is 9.05. The largest absolute Gasteiger partial charge is 0.508 e. The van der Waals surface area contributed by atoms with Gasteiger partial charge < -0.3 is 10.8 Å². The van der Waals surface area contributed by atoms with E-state index in [0.717, 1.165) is 18.9 Å². The molecule has 0 aliphatic heterocycles. The summed E-state index contributed by atoms with van der Waals surface area (Å²) in [5.41, 5.74) is 6.05. The molecule has 1 aromatic rings. The van der Waals surface area contributed by atoms with Crippen LogP contribution in [0.4, 0.5) is 4.39 Å². The summed E-state index contributed by atoms with van der Waals surface area (Å²) in [6.07, 6.45) is 1.83. The van der Waals surface area contributed by atoms with Crippen molar-refractivity contribution >= 4 is 0 Å². The fraction of sp³-hybridized carbons (Fsp3) is 0.500. The van der Waals surface area contributed by atoms with Crippen LogP contribution in [0.5, 0.6) is 5.75 Å². The molecule has 0 amide bonds. The predicted octanol–water partition coefficient (Wildman–Crippen LogP) is 2.30. The second-order valence-electron chi connectivity index (χ2n) is 4.97. The summed E-state index contributed by atoms with van der Waals surface area (Å²) in [7, 11) is 0. The third kappa shape index (κ3) is 1.51. The van der Waals surface area contributed by atoms with Gasteiger partial charge in [-0.15, -0.1) is 0 Å². The zero-order valence-electron chi connectivity index (χ0n) is 9.05. The van der Waals surface area contributed by atoms with E-state index in [1.807, 2.05) is 13.8 Å². The van der Waals surface area contributed by atoms with E-state index < -0.39 is 5.54 Å². The van der Waals surface area contributed by atoms with Crippen molar-refractivity contribution < 1.29 is 9.50 Å². The minimum atomic E-state index is -0.426. The highest BCUT2D eigenvalue weighted by atomic mass is 19.1. The van der Waals surface area contributed by atoms with Crippen LogP contribution in [0.15, 0.2) is 18.2 Å². The maximum absolute atomic E-state index is 13.7. The maximum atomic E-state index is 13.7. The fourth-order valence-electron chi connectivity index (χ4n) is 2.28. The topological polar surface area (TPSA) is 46.2 Å². The highest BCUT2D eigenvalue weighted by molar-refractivity contribution is 5.40. The van der Waals surface area contributed by atoms with Gasteiger partial charge in [-0.05, 0) is 38.3 Å². The summed E-state index contributed by atoms with van der Waals surface area (Å²) in [5, 5.41) is 9.16. The average molecular weight is 209 g/mol. The minimum absolute atomic E-state index is 0.0399. The highest BCUT2D eigenvalue weighted by Gasteiger charge is 2.54. The normalized spacial score (nSPS) is 18.9. The van der Waals surface area contributed by atoms with Crippen LogP contribution in [0.2, 0.25) is 0 Å². The van der Waals surface area contributed by atoms with E-state index in [1.54, 1.807) is 6.07 Å². The maximum Gasteiger partial charge on any atom is 0.130 e. The van der Waals surface area contributed by atoms with Crippen LogP contribution in [0.3, 0.4) is 0 Å². The Morgan fingerprint density at radius 3 is 2.40 bits per heavy atom. The van der Waals surface area contributed by atoms with E-state index in [2.05, 4.69) is 0 Å². The van der Waals surface area contributed by atoms with E-state index in [9.17, 15) is 4.39 Å². The average Bonchev–Trinajstić information content (AvgIpc) is 2.83. The van der Waals surface area contributed by atoms with Crippen molar-refractivity contribution in [2.45, 2.75) is 37.6 Å². The molecular weight excluding hydrogens is 193 g/mol. The number of halogens is 1. The molecule has 0 spiro atoms. The molecule has 3 heteroatoms. The highest BCUT2D eigenvalue weighted by Crippen LogP contribution is 2.55. The van der Waals surface area contributed by atoms with Crippen molar-refractivity contribution in [1.82, 2.24) is 0 Å². The van der Waals surface area contributed by atoms with Gasteiger partial charge in [-0.2, -0.15) is 0 Å². The van der Waals surface area contributed by atoms with Gasteiger partial charge in [0.05, 0.1) is 0 Å². The molecule has 1 aliphatic rings. The quantitative estimate of drug-likeness (QED) is 0.785. The Morgan fingerprint density at radius 2 is 2.00 bits per heavy atom. The van der Waals surface area contributed by atoms with Gasteiger partial charge in [-0.3, -0.25) is 0 Å². The van der Waals surface area contributed by atoms with Crippen molar-refractivity contribution in [2.75, 3.05) is 0 Å². The van der Waals surface area contributed by atoms with Crippen LogP contribution < -0.4 is 5.73 Å². The van der Waals surface area contributed by atoms with Crippen molar-refractivity contribution in [3.63, 3.8) is 0 Å². The van der Waals surface area contributed by atoms with Crippen molar-refractivity contribution in [1.29, 1.82) is 0 Å². The van der Waals surface area contributed by atoms with Crippen LogP contribution in [0, 0.1) is 5.82 Å². The second-order valence-corrected chi connectivity index (χ2v) is 4.97. The molecule has 15 heavy (non-hydrogen) atoms. The molecule has 2 nitrogen and oxygen atoms in total. The molecule has 0 radical (unpaired) electrons. The molecule has 1 fully saturated rings. The lowest BCUT2D eigenvalue weighted by Gasteiger charge is -2.31. The molecule has 1 saturated carbocycles. The lowest BCUT2D eigenvalue weighted by molar-refractivity contribution is 0.377. The second kappa shape index (κ2) is 2.95. The van der Waals surface area contributed by atoms with Gasteiger partial charge in [-0.25, -0.2) is 4.39 Å². The third-order valence-electron chi connectivity index (χ3n) is 3.45. The van der Waals surface area contributed by atoms with E-state index in [0.29, 0.717) is 5.56 Å². The minimum Gasteiger partial charge on any atom is -0.508 e. The van der Waals surface area contributed by atoms with Crippen molar-refractivity contribution in [3.8, 4) is 5.75 Å². The van der Waals surface area contributed by atoms with Gasteiger partial charge in [0.25, 0.3) is 0 Å². The Bertz CT molecular complexity index is 391. The Kier molecular flexibility index (Phi) is 2.05. The first kappa shape index (κ1) is 10.4. The first-order valence-electron chi connectivity index (χ1n) is 5.15. The van der Waals surface area contributed by atoms with Gasteiger partial charge in [0.15, 0.2) is 0 Å². The van der Waals surface area contributed by atoms with E-state index in [-0.39, 0.29) is 17.0 Å². The van der Waals surface area contributed by atoms with Gasteiger partial charge in [0.2, 0.25) is 0 Å². The molecule has 0 atom stereocenters. The van der Waals surface area contributed by atoms with Crippen LogP contribution >= 0.6 is 0 Å². The summed E-state index contributed by atoms with van der Waals surface area (Å²) in [6.45, 7) is 3.85. The molecule has 3 N–H and O–H groups in total. The number of aromatic hydroxyl groups is 1. The Morgan fingerprint density at radius 1 is 1.40 bits per heavy atom. The third-order valence-corrected chi connectivity index (χ3v) is 3.45. The first-order valence-corrected chi connectivity index (χ1v) is 5.15. The molecule has 0 unspecified atom stereocenters. The summed E-state index contributed by atoms with van der Waals surface area (Å²) in [4.78, 5) is 0. The number of phenolic OH excluding ortho intramolecular Hbond substituents is 1. The Hall–Kier alpha value is -1.09. The lowest BCUT2D eigenvalue weighted by Crippen LogP contribution is -2.45. The smallest absolute Gasteiger partial charge is 0.130 e. The van der Waals surface area contributed by atoms with Gasteiger partial charge in [0, 0.05) is 17.0 Å². The monoisotopic (exact) mass is 209 g/mol. The summed E-state index contributed by atoms with van der Waals surface area (Å²) < 4.78 is 13.7. The molecule has 1 aromatic carbocycles. The molecule has 0 heterocycles. The van der Waals surface area contributed by atoms with Crippen molar-refractivity contribution in [2.24, 2.45) is 5.73 Å². The summed E-state index contributed by atoms with van der Waals surface area (Å²) in [5.74, 6) is -0.395. The number of hydrogen-bond donors (Lipinski definition) is 2. The Labute approximate surface area is 88.9 Å². The zero-order chi connectivity index (χ0) is 11.3. The van der Waals surface area contributed by atoms with E-state index in [1.165, 1.54) is 6.07 Å². The molecular formula is C12H16FNO. The number of benzene rings is 1. The van der Waals surface area contributed by atoms with Gasteiger partial charge >= 0.3 is 0 Å².